The number of nitrogens with one attached hydrogen (secondary N) is 2. The average Bonchev–Trinajstić information content (AvgIpc) is 3.45. The summed E-state index contributed by atoms with van der Waals surface area (Å²) >= 11 is 1.87. The van der Waals surface area contributed by atoms with Gasteiger partial charge in [0.2, 0.25) is 0 Å². The Kier molecular flexibility index (Phi) is 5.80. The van der Waals surface area contributed by atoms with Gasteiger partial charge < -0.3 is 15.0 Å². The fourth-order valence-corrected chi connectivity index (χ4v) is 6.35. The third-order valence-corrected chi connectivity index (χ3v) is 7.95. The van der Waals surface area contributed by atoms with E-state index in [-0.39, 0.29) is 6.04 Å². The Labute approximate surface area is 198 Å². The SMILES string of the molecule is c1ccc(C(Nc2nc(C[NH+]3CCOCC3)nc3sc4c(c23)CCC4)c2ccccc2)cc1. The zero-order chi connectivity index (χ0) is 22.0. The van der Waals surface area contributed by atoms with Crippen LogP contribution in [0, 0.1) is 0 Å². The molecule has 6 heteroatoms. The lowest BCUT2D eigenvalue weighted by atomic mass is 9.98. The van der Waals surface area contributed by atoms with E-state index in [1.807, 2.05) is 11.3 Å². The molecular weight excluding hydrogens is 428 g/mol. The Bertz CT molecular complexity index is 1200. The fraction of sp³-hybridized carbons (Fsp3) is 0.333. The summed E-state index contributed by atoms with van der Waals surface area (Å²) in [6.07, 6.45) is 3.53. The molecule has 0 unspecified atom stereocenters. The number of ether oxygens (including phenoxy) is 1. The summed E-state index contributed by atoms with van der Waals surface area (Å²) in [4.78, 5) is 14.3. The Morgan fingerprint density at radius 2 is 1.61 bits per heavy atom. The number of fused-ring (bicyclic) bond motifs is 3. The number of aromatic nitrogens is 2. The number of anilines is 1. The third kappa shape index (κ3) is 4.26. The first-order valence-electron chi connectivity index (χ1n) is 11.9. The highest BCUT2D eigenvalue weighted by molar-refractivity contribution is 7.19. The van der Waals surface area contributed by atoms with Crippen LogP contribution < -0.4 is 10.2 Å². The van der Waals surface area contributed by atoms with Gasteiger partial charge in [0.25, 0.3) is 0 Å². The van der Waals surface area contributed by atoms with Crippen LogP contribution in [0.2, 0.25) is 0 Å². The van der Waals surface area contributed by atoms with Crippen molar-refractivity contribution >= 4 is 27.4 Å². The molecule has 0 spiro atoms. The molecule has 5 nitrogen and oxygen atoms in total. The van der Waals surface area contributed by atoms with Crippen molar-refractivity contribution < 1.29 is 9.64 Å². The molecule has 4 aromatic rings. The van der Waals surface area contributed by atoms with E-state index in [1.165, 1.54) is 44.7 Å². The monoisotopic (exact) mass is 457 g/mol. The quantitative estimate of drug-likeness (QED) is 0.463. The number of aryl methyl sites for hydroxylation is 2. The first-order valence-corrected chi connectivity index (χ1v) is 12.8. The molecule has 0 saturated carbocycles. The van der Waals surface area contributed by atoms with Crippen LogP contribution in [0.25, 0.3) is 10.2 Å². The molecule has 0 atom stereocenters. The number of quaternary nitrogens is 1. The van der Waals surface area contributed by atoms with Crippen molar-refractivity contribution in [2.75, 3.05) is 31.6 Å². The Morgan fingerprint density at radius 3 is 2.30 bits per heavy atom. The van der Waals surface area contributed by atoms with E-state index in [0.29, 0.717) is 0 Å². The first kappa shape index (κ1) is 20.8. The number of nitrogens with zero attached hydrogens (tertiary/aromatic N) is 2. The summed E-state index contributed by atoms with van der Waals surface area (Å²) in [5.41, 5.74) is 3.94. The van der Waals surface area contributed by atoms with Gasteiger partial charge in [0.05, 0.1) is 24.6 Å². The number of benzene rings is 2. The molecule has 2 N–H and O–H groups in total. The summed E-state index contributed by atoms with van der Waals surface area (Å²) in [6, 6.07) is 21.4. The molecule has 0 bridgehead atoms. The van der Waals surface area contributed by atoms with Gasteiger partial charge in [-0.25, -0.2) is 9.97 Å². The van der Waals surface area contributed by atoms with Gasteiger partial charge in [-0.1, -0.05) is 60.7 Å². The minimum absolute atomic E-state index is 0.0334. The zero-order valence-corrected chi connectivity index (χ0v) is 19.5. The molecule has 168 valence electrons. The molecule has 1 aliphatic carbocycles. The lowest BCUT2D eigenvalue weighted by Crippen LogP contribution is -3.12. The van der Waals surface area contributed by atoms with Crippen molar-refractivity contribution in [3.05, 3.63) is 88.1 Å². The summed E-state index contributed by atoms with van der Waals surface area (Å²) in [5, 5.41) is 5.11. The molecule has 0 amide bonds. The summed E-state index contributed by atoms with van der Waals surface area (Å²) in [7, 11) is 0. The standard InChI is InChI=1S/C27H28N4OS/c1-3-8-19(9-4-1)25(20-10-5-2-6-11-20)30-26-24-21-12-7-13-22(21)33-27(24)29-23(28-26)18-31-14-16-32-17-15-31/h1-6,8-11,25H,7,12-18H2,(H,28,29,30)/p+1. The summed E-state index contributed by atoms with van der Waals surface area (Å²) in [5.74, 6) is 1.92. The van der Waals surface area contributed by atoms with E-state index in [0.717, 1.165) is 55.7 Å². The molecule has 2 aliphatic rings. The highest BCUT2D eigenvalue weighted by Crippen LogP contribution is 2.40. The van der Waals surface area contributed by atoms with Gasteiger partial charge in [0, 0.05) is 4.88 Å². The van der Waals surface area contributed by atoms with Crippen molar-refractivity contribution in [3.8, 4) is 0 Å². The average molecular weight is 458 g/mol. The van der Waals surface area contributed by atoms with Crippen molar-refractivity contribution in [1.29, 1.82) is 0 Å². The zero-order valence-electron chi connectivity index (χ0n) is 18.7. The maximum Gasteiger partial charge on any atom is 0.187 e. The Morgan fingerprint density at radius 1 is 0.909 bits per heavy atom. The van der Waals surface area contributed by atoms with Crippen LogP contribution in [0.5, 0.6) is 0 Å². The molecule has 2 aromatic carbocycles. The van der Waals surface area contributed by atoms with Gasteiger partial charge in [-0.15, -0.1) is 11.3 Å². The van der Waals surface area contributed by atoms with Gasteiger partial charge >= 0.3 is 0 Å². The highest BCUT2D eigenvalue weighted by atomic mass is 32.1. The van der Waals surface area contributed by atoms with Gasteiger partial charge in [0.15, 0.2) is 5.82 Å². The van der Waals surface area contributed by atoms with E-state index < -0.39 is 0 Å². The molecule has 33 heavy (non-hydrogen) atoms. The maximum absolute atomic E-state index is 5.55. The first-order chi connectivity index (χ1) is 16.3. The summed E-state index contributed by atoms with van der Waals surface area (Å²) in [6.45, 7) is 4.52. The molecule has 3 heterocycles. The maximum atomic E-state index is 5.55. The molecule has 1 saturated heterocycles. The van der Waals surface area contributed by atoms with E-state index >= 15 is 0 Å². The lowest BCUT2D eigenvalue weighted by Gasteiger charge is -2.24. The number of hydrogen-bond acceptors (Lipinski definition) is 5. The van der Waals surface area contributed by atoms with Crippen molar-refractivity contribution in [2.24, 2.45) is 0 Å². The predicted molar refractivity (Wildman–Crippen MR) is 133 cm³/mol. The van der Waals surface area contributed by atoms with Crippen LogP contribution in [0.3, 0.4) is 0 Å². The number of thiophene rings is 1. The lowest BCUT2D eigenvalue weighted by molar-refractivity contribution is -0.922. The second kappa shape index (κ2) is 9.21. The van der Waals surface area contributed by atoms with Crippen LogP contribution in [-0.4, -0.2) is 36.3 Å². The van der Waals surface area contributed by atoms with E-state index in [2.05, 4.69) is 66.0 Å². The smallest absolute Gasteiger partial charge is 0.187 e. The second-order valence-electron chi connectivity index (χ2n) is 8.96. The van der Waals surface area contributed by atoms with Crippen LogP contribution >= 0.6 is 11.3 Å². The second-order valence-corrected chi connectivity index (χ2v) is 10.0. The highest BCUT2D eigenvalue weighted by Gasteiger charge is 2.26. The minimum atomic E-state index is 0.0334. The van der Waals surface area contributed by atoms with Gasteiger partial charge in [-0.3, -0.25) is 0 Å². The van der Waals surface area contributed by atoms with Crippen LogP contribution in [0.15, 0.2) is 60.7 Å². The molecule has 0 radical (unpaired) electrons. The van der Waals surface area contributed by atoms with E-state index in [1.54, 1.807) is 0 Å². The molecule has 2 aromatic heterocycles. The van der Waals surface area contributed by atoms with E-state index in [9.17, 15) is 0 Å². The topological polar surface area (TPSA) is 51.5 Å². The Balaban J connectivity index is 1.43. The van der Waals surface area contributed by atoms with Crippen molar-refractivity contribution in [1.82, 2.24) is 9.97 Å². The normalized spacial score (nSPS) is 16.4. The molecule has 1 fully saturated rings. The Hall–Kier alpha value is -2.80. The van der Waals surface area contributed by atoms with Gasteiger partial charge in [-0.05, 0) is 36.0 Å². The van der Waals surface area contributed by atoms with Gasteiger partial charge in [0.1, 0.15) is 30.3 Å². The fourth-order valence-electron chi connectivity index (χ4n) is 5.07. The summed E-state index contributed by atoms with van der Waals surface area (Å²) < 4.78 is 5.55. The van der Waals surface area contributed by atoms with Crippen LogP contribution in [0.1, 0.15) is 39.9 Å². The molecule has 6 rings (SSSR count). The molecule has 1 aliphatic heterocycles. The van der Waals surface area contributed by atoms with Crippen molar-refractivity contribution in [3.63, 3.8) is 0 Å². The predicted octanol–water partition coefficient (Wildman–Crippen LogP) is 3.80. The molecular formula is C27H29N4OS+. The number of morpholine rings is 1. The number of rotatable bonds is 6. The van der Waals surface area contributed by atoms with Gasteiger partial charge in [-0.2, -0.15) is 0 Å². The van der Waals surface area contributed by atoms with E-state index in [4.69, 9.17) is 14.7 Å². The third-order valence-electron chi connectivity index (χ3n) is 6.77. The largest absolute Gasteiger partial charge is 0.370 e. The van der Waals surface area contributed by atoms with Crippen molar-refractivity contribution in [2.45, 2.75) is 31.8 Å². The number of hydrogen-bond donors (Lipinski definition) is 2. The van der Waals surface area contributed by atoms with Crippen LogP contribution in [0.4, 0.5) is 5.82 Å². The van der Waals surface area contributed by atoms with Crippen LogP contribution in [-0.2, 0) is 24.1 Å². The minimum Gasteiger partial charge on any atom is -0.370 e.